The minimum Gasteiger partial charge on any atom is -0.481 e. The lowest BCUT2D eigenvalue weighted by Crippen LogP contribution is -2.08. The van der Waals surface area contributed by atoms with Crippen LogP contribution in [0.5, 0.6) is 11.5 Å². The van der Waals surface area contributed by atoms with Gasteiger partial charge >= 0.3 is 5.97 Å². The molecule has 1 aromatic carbocycles. The van der Waals surface area contributed by atoms with E-state index in [9.17, 15) is 9.59 Å². The minimum atomic E-state index is -0.899. The fourth-order valence-electron chi connectivity index (χ4n) is 2.02. The number of rotatable bonds is 3. The van der Waals surface area contributed by atoms with E-state index in [2.05, 4.69) is 0 Å². The number of ether oxygens (including phenoxy) is 2. The molecule has 0 amide bonds. The quantitative estimate of drug-likeness (QED) is 0.798. The highest BCUT2D eigenvalue weighted by Gasteiger charge is 2.48. The summed E-state index contributed by atoms with van der Waals surface area (Å²) >= 11 is 0. The van der Waals surface area contributed by atoms with Crippen LogP contribution in [-0.2, 0) is 4.79 Å². The van der Waals surface area contributed by atoms with Gasteiger partial charge in [0.1, 0.15) is 0 Å². The summed E-state index contributed by atoms with van der Waals surface area (Å²) in [6.45, 7) is 0.161. The third-order valence-corrected chi connectivity index (χ3v) is 3.10. The summed E-state index contributed by atoms with van der Waals surface area (Å²) in [4.78, 5) is 22.7. The third kappa shape index (κ3) is 1.63. The molecular weight excluding hydrogens is 224 g/mol. The zero-order chi connectivity index (χ0) is 12.0. The molecule has 5 nitrogen and oxygen atoms in total. The predicted molar refractivity (Wildman–Crippen MR) is 56.1 cm³/mol. The van der Waals surface area contributed by atoms with Crippen LogP contribution in [0.15, 0.2) is 18.2 Å². The summed E-state index contributed by atoms with van der Waals surface area (Å²) < 4.78 is 10.3. The van der Waals surface area contributed by atoms with Gasteiger partial charge < -0.3 is 14.6 Å². The average molecular weight is 234 g/mol. The molecule has 1 saturated carbocycles. The van der Waals surface area contributed by atoms with Crippen LogP contribution in [-0.4, -0.2) is 23.7 Å². The standard InChI is InChI=1S/C12H10O5/c13-11(7-4-8(7)12(14)15)6-1-2-9-10(3-6)17-5-16-9/h1-3,7-8H,4-5H2,(H,14,15)/t7-,8-/m0/s1. The van der Waals surface area contributed by atoms with Crippen LogP contribution in [0.4, 0.5) is 0 Å². The van der Waals surface area contributed by atoms with E-state index >= 15 is 0 Å². The van der Waals surface area contributed by atoms with Crippen LogP contribution >= 0.6 is 0 Å². The highest BCUT2D eigenvalue weighted by atomic mass is 16.7. The first-order chi connectivity index (χ1) is 8.16. The maximum Gasteiger partial charge on any atom is 0.307 e. The fourth-order valence-corrected chi connectivity index (χ4v) is 2.02. The first-order valence-electron chi connectivity index (χ1n) is 5.33. The van der Waals surface area contributed by atoms with E-state index < -0.39 is 11.9 Å². The molecule has 2 atom stereocenters. The van der Waals surface area contributed by atoms with E-state index in [-0.39, 0.29) is 18.5 Å². The summed E-state index contributed by atoms with van der Waals surface area (Å²) in [6, 6.07) is 4.93. The molecule has 5 heteroatoms. The summed E-state index contributed by atoms with van der Waals surface area (Å²) in [5, 5.41) is 8.78. The molecular formula is C12H10O5. The maximum absolute atomic E-state index is 12.0. The van der Waals surface area contributed by atoms with E-state index in [0.29, 0.717) is 23.5 Å². The molecule has 1 fully saturated rings. The Balaban J connectivity index is 1.81. The van der Waals surface area contributed by atoms with Gasteiger partial charge in [0.25, 0.3) is 0 Å². The molecule has 88 valence electrons. The molecule has 0 spiro atoms. The number of fused-ring (bicyclic) bond motifs is 1. The van der Waals surface area contributed by atoms with Gasteiger partial charge in [-0.25, -0.2) is 0 Å². The van der Waals surface area contributed by atoms with Crippen LogP contribution in [0.3, 0.4) is 0 Å². The monoisotopic (exact) mass is 234 g/mol. The zero-order valence-corrected chi connectivity index (χ0v) is 8.88. The van der Waals surface area contributed by atoms with Crippen molar-refractivity contribution in [2.45, 2.75) is 6.42 Å². The van der Waals surface area contributed by atoms with Crippen molar-refractivity contribution in [3.8, 4) is 11.5 Å². The highest BCUT2D eigenvalue weighted by molar-refractivity contribution is 6.03. The first kappa shape index (κ1) is 10.1. The van der Waals surface area contributed by atoms with Crippen molar-refractivity contribution in [2.75, 3.05) is 6.79 Å². The Labute approximate surface area is 97.0 Å². The van der Waals surface area contributed by atoms with Crippen LogP contribution in [0.25, 0.3) is 0 Å². The van der Waals surface area contributed by atoms with Crippen molar-refractivity contribution >= 4 is 11.8 Å². The van der Waals surface area contributed by atoms with Crippen LogP contribution in [0, 0.1) is 11.8 Å². The molecule has 1 heterocycles. The second-order valence-electron chi connectivity index (χ2n) is 4.22. The Kier molecular flexibility index (Phi) is 2.07. The summed E-state index contributed by atoms with van der Waals surface area (Å²) in [7, 11) is 0. The Morgan fingerprint density at radius 3 is 2.65 bits per heavy atom. The lowest BCUT2D eigenvalue weighted by Gasteiger charge is -2.01. The maximum atomic E-state index is 12.0. The van der Waals surface area contributed by atoms with Crippen molar-refractivity contribution in [3.63, 3.8) is 0 Å². The number of carbonyl (C=O) groups excluding carboxylic acids is 1. The molecule has 0 unspecified atom stereocenters. The fraction of sp³-hybridized carbons (Fsp3) is 0.333. The Morgan fingerprint density at radius 2 is 1.94 bits per heavy atom. The van der Waals surface area contributed by atoms with E-state index in [1.54, 1.807) is 18.2 Å². The summed E-state index contributed by atoms with van der Waals surface area (Å²) in [5.74, 6) is -0.768. The van der Waals surface area contributed by atoms with Gasteiger partial charge in [-0.1, -0.05) is 0 Å². The minimum absolute atomic E-state index is 0.129. The Bertz CT molecular complexity index is 508. The van der Waals surface area contributed by atoms with Gasteiger partial charge in [-0.3, -0.25) is 9.59 Å². The smallest absolute Gasteiger partial charge is 0.307 e. The van der Waals surface area contributed by atoms with Crippen LogP contribution < -0.4 is 9.47 Å². The lowest BCUT2D eigenvalue weighted by molar-refractivity contribution is -0.138. The first-order valence-corrected chi connectivity index (χ1v) is 5.33. The second kappa shape index (κ2) is 3.48. The number of hydrogen-bond donors (Lipinski definition) is 1. The van der Waals surface area contributed by atoms with Gasteiger partial charge in [-0.05, 0) is 24.6 Å². The normalized spacial score (nSPS) is 24.5. The largest absolute Gasteiger partial charge is 0.481 e. The SMILES string of the molecule is O=C(O)[C@H]1C[C@@H]1C(=O)c1ccc2c(c1)OCO2. The molecule has 0 aromatic heterocycles. The van der Waals surface area contributed by atoms with Gasteiger partial charge in [0.2, 0.25) is 6.79 Å². The number of Topliss-reactive ketones (excluding diaryl/α,β-unsaturated/α-hetero) is 1. The van der Waals surface area contributed by atoms with Gasteiger partial charge in [0.15, 0.2) is 17.3 Å². The van der Waals surface area contributed by atoms with Gasteiger partial charge in [-0.2, -0.15) is 0 Å². The van der Waals surface area contributed by atoms with Crippen molar-refractivity contribution < 1.29 is 24.2 Å². The zero-order valence-electron chi connectivity index (χ0n) is 8.88. The highest BCUT2D eigenvalue weighted by Crippen LogP contribution is 2.42. The molecule has 0 saturated heterocycles. The van der Waals surface area contributed by atoms with Gasteiger partial charge in [0, 0.05) is 11.5 Å². The van der Waals surface area contributed by atoms with Crippen molar-refractivity contribution in [1.29, 1.82) is 0 Å². The number of ketones is 1. The van der Waals surface area contributed by atoms with Crippen molar-refractivity contribution in [1.82, 2.24) is 0 Å². The number of carboxylic acids is 1. The molecule has 1 aliphatic heterocycles. The molecule has 1 N–H and O–H groups in total. The number of carboxylic acid groups (broad SMARTS) is 1. The topological polar surface area (TPSA) is 72.8 Å². The van der Waals surface area contributed by atoms with Gasteiger partial charge in [0.05, 0.1) is 5.92 Å². The lowest BCUT2D eigenvalue weighted by atomic mass is 10.1. The molecule has 0 radical (unpaired) electrons. The number of carbonyl (C=O) groups is 2. The predicted octanol–water partition coefficient (Wildman–Crippen LogP) is 1.32. The van der Waals surface area contributed by atoms with Crippen molar-refractivity contribution in [3.05, 3.63) is 23.8 Å². The average Bonchev–Trinajstić information content (AvgIpc) is 2.99. The summed E-state index contributed by atoms with van der Waals surface area (Å²) in [6.07, 6.45) is 0.433. The molecule has 1 aliphatic carbocycles. The van der Waals surface area contributed by atoms with Crippen molar-refractivity contribution in [2.24, 2.45) is 11.8 Å². The number of aliphatic carboxylic acids is 1. The van der Waals surface area contributed by atoms with E-state index in [1.807, 2.05) is 0 Å². The van der Waals surface area contributed by atoms with Gasteiger partial charge in [-0.15, -0.1) is 0 Å². The summed E-state index contributed by atoms with van der Waals surface area (Å²) in [5.41, 5.74) is 0.489. The number of benzene rings is 1. The van der Waals surface area contributed by atoms with Crippen LogP contribution in [0.2, 0.25) is 0 Å². The molecule has 17 heavy (non-hydrogen) atoms. The van der Waals surface area contributed by atoms with E-state index in [1.165, 1.54) is 0 Å². The third-order valence-electron chi connectivity index (χ3n) is 3.10. The molecule has 2 aliphatic rings. The number of hydrogen-bond acceptors (Lipinski definition) is 4. The Morgan fingerprint density at radius 1 is 1.18 bits per heavy atom. The van der Waals surface area contributed by atoms with E-state index in [4.69, 9.17) is 14.6 Å². The molecule has 0 bridgehead atoms. The Hall–Kier alpha value is -2.04. The van der Waals surface area contributed by atoms with Crippen LogP contribution in [0.1, 0.15) is 16.8 Å². The second-order valence-corrected chi connectivity index (χ2v) is 4.22. The molecule has 1 aromatic rings. The molecule has 3 rings (SSSR count). The van der Waals surface area contributed by atoms with E-state index in [0.717, 1.165) is 0 Å².